The summed E-state index contributed by atoms with van der Waals surface area (Å²) < 4.78 is 5.74. The molecule has 2 N–H and O–H groups in total. The van der Waals surface area contributed by atoms with Gasteiger partial charge in [-0.3, -0.25) is 0 Å². The number of ether oxygens (including phenoxy) is 1. The zero-order valence-corrected chi connectivity index (χ0v) is 10.7. The molecule has 1 fully saturated rings. The van der Waals surface area contributed by atoms with Gasteiger partial charge in [0.1, 0.15) is 0 Å². The van der Waals surface area contributed by atoms with Crippen molar-refractivity contribution in [3.05, 3.63) is 35.4 Å². The minimum atomic E-state index is 0.221. The van der Waals surface area contributed by atoms with Gasteiger partial charge in [0.2, 0.25) is 0 Å². The van der Waals surface area contributed by atoms with E-state index in [1.165, 1.54) is 30.4 Å². The molecule has 2 heteroatoms. The number of aryl methyl sites for hydroxylation is 1. The first-order valence-electron chi connectivity index (χ1n) is 6.67. The predicted octanol–water partition coefficient (Wildman–Crippen LogP) is 2.82. The number of benzene rings is 1. The molecule has 1 aliphatic heterocycles. The zero-order valence-electron chi connectivity index (χ0n) is 10.7. The van der Waals surface area contributed by atoms with Crippen LogP contribution in [0.25, 0.3) is 0 Å². The summed E-state index contributed by atoms with van der Waals surface area (Å²) in [6.45, 7) is 3.07. The number of rotatable bonds is 4. The van der Waals surface area contributed by atoms with E-state index in [4.69, 9.17) is 10.5 Å². The Labute approximate surface area is 104 Å². The van der Waals surface area contributed by atoms with Crippen molar-refractivity contribution in [1.29, 1.82) is 0 Å². The van der Waals surface area contributed by atoms with Crippen molar-refractivity contribution in [2.45, 2.75) is 51.2 Å². The Morgan fingerprint density at radius 1 is 1.35 bits per heavy atom. The third-order valence-electron chi connectivity index (χ3n) is 3.58. The Morgan fingerprint density at radius 3 is 2.88 bits per heavy atom. The van der Waals surface area contributed by atoms with Gasteiger partial charge in [-0.15, -0.1) is 0 Å². The average molecular weight is 233 g/mol. The van der Waals surface area contributed by atoms with Gasteiger partial charge < -0.3 is 10.5 Å². The molecule has 1 aromatic rings. The molecule has 1 saturated heterocycles. The van der Waals surface area contributed by atoms with Gasteiger partial charge in [-0.25, -0.2) is 0 Å². The van der Waals surface area contributed by atoms with Crippen molar-refractivity contribution >= 4 is 0 Å². The van der Waals surface area contributed by atoms with Crippen molar-refractivity contribution in [2.75, 3.05) is 6.61 Å². The van der Waals surface area contributed by atoms with E-state index < -0.39 is 0 Å². The second-order valence-electron chi connectivity index (χ2n) is 5.11. The highest BCUT2D eigenvalue weighted by molar-refractivity contribution is 5.26. The van der Waals surface area contributed by atoms with E-state index in [1.54, 1.807) is 0 Å². The summed E-state index contributed by atoms with van der Waals surface area (Å²) in [7, 11) is 0. The third-order valence-corrected chi connectivity index (χ3v) is 3.58. The lowest BCUT2D eigenvalue weighted by molar-refractivity contribution is 0.00746. The maximum Gasteiger partial charge on any atom is 0.0590 e. The van der Waals surface area contributed by atoms with E-state index >= 15 is 0 Å². The van der Waals surface area contributed by atoms with Crippen LogP contribution in [0.5, 0.6) is 0 Å². The average Bonchev–Trinajstić information content (AvgIpc) is 2.33. The number of hydrogen-bond acceptors (Lipinski definition) is 2. The minimum Gasteiger partial charge on any atom is -0.378 e. The van der Waals surface area contributed by atoms with Crippen LogP contribution in [-0.4, -0.2) is 18.8 Å². The maximum absolute atomic E-state index is 6.23. The molecule has 94 valence electrons. The largest absolute Gasteiger partial charge is 0.378 e. The highest BCUT2D eigenvalue weighted by atomic mass is 16.5. The third kappa shape index (κ3) is 3.83. The molecule has 0 radical (unpaired) electrons. The summed E-state index contributed by atoms with van der Waals surface area (Å²) in [6.07, 6.45) is 6.04. The van der Waals surface area contributed by atoms with E-state index in [2.05, 4.69) is 31.2 Å². The van der Waals surface area contributed by atoms with Crippen molar-refractivity contribution in [2.24, 2.45) is 5.73 Å². The molecular weight excluding hydrogens is 210 g/mol. The van der Waals surface area contributed by atoms with Gasteiger partial charge in [-0.2, -0.15) is 0 Å². The Morgan fingerprint density at radius 2 is 2.18 bits per heavy atom. The van der Waals surface area contributed by atoms with Crippen LogP contribution in [0.3, 0.4) is 0 Å². The van der Waals surface area contributed by atoms with Crippen molar-refractivity contribution in [3.8, 4) is 0 Å². The molecule has 0 amide bonds. The summed E-state index contributed by atoms with van der Waals surface area (Å²) in [5.41, 5.74) is 8.94. The van der Waals surface area contributed by atoms with Gasteiger partial charge in [0.25, 0.3) is 0 Å². The highest BCUT2D eigenvalue weighted by Gasteiger charge is 2.17. The summed E-state index contributed by atoms with van der Waals surface area (Å²) in [5.74, 6) is 0. The Bertz CT molecular complexity index is 345. The van der Waals surface area contributed by atoms with Crippen molar-refractivity contribution in [3.63, 3.8) is 0 Å². The van der Waals surface area contributed by atoms with Crippen LogP contribution >= 0.6 is 0 Å². The molecule has 2 unspecified atom stereocenters. The highest BCUT2D eigenvalue weighted by Crippen LogP contribution is 2.18. The van der Waals surface area contributed by atoms with Gasteiger partial charge in [0, 0.05) is 12.6 Å². The number of hydrogen-bond donors (Lipinski definition) is 1. The molecule has 1 aliphatic rings. The smallest absolute Gasteiger partial charge is 0.0590 e. The fourth-order valence-corrected chi connectivity index (χ4v) is 2.54. The maximum atomic E-state index is 6.23. The second-order valence-corrected chi connectivity index (χ2v) is 5.11. The molecule has 1 heterocycles. The first-order valence-corrected chi connectivity index (χ1v) is 6.67. The van der Waals surface area contributed by atoms with Gasteiger partial charge in [-0.05, 0) is 50.2 Å². The molecule has 0 aliphatic carbocycles. The standard InChI is InChI=1S/C15H23NO/c1-12-6-2-3-7-13(12)10-14(16)11-15-8-4-5-9-17-15/h2-3,6-7,14-15H,4-5,8-11,16H2,1H3. The summed E-state index contributed by atoms with van der Waals surface area (Å²) in [5, 5.41) is 0. The summed E-state index contributed by atoms with van der Waals surface area (Å²) >= 11 is 0. The Kier molecular flexibility index (Phi) is 4.57. The van der Waals surface area contributed by atoms with Crippen LogP contribution in [0.1, 0.15) is 36.8 Å². The van der Waals surface area contributed by atoms with Gasteiger partial charge in [-0.1, -0.05) is 24.3 Å². The predicted molar refractivity (Wildman–Crippen MR) is 71.1 cm³/mol. The summed E-state index contributed by atoms with van der Waals surface area (Å²) in [6, 6.07) is 8.72. The SMILES string of the molecule is Cc1ccccc1CC(N)CC1CCCCO1. The van der Waals surface area contributed by atoms with Crippen LogP contribution in [0.15, 0.2) is 24.3 Å². The van der Waals surface area contributed by atoms with Gasteiger partial charge >= 0.3 is 0 Å². The molecule has 0 saturated carbocycles. The first-order chi connectivity index (χ1) is 8.25. The minimum absolute atomic E-state index is 0.221. The molecule has 0 spiro atoms. The fraction of sp³-hybridized carbons (Fsp3) is 0.600. The molecule has 2 nitrogen and oxygen atoms in total. The molecule has 0 bridgehead atoms. The van der Waals surface area contributed by atoms with Gasteiger partial charge in [0.15, 0.2) is 0 Å². The summed E-state index contributed by atoms with van der Waals surface area (Å²) in [4.78, 5) is 0. The van der Waals surface area contributed by atoms with Crippen LogP contribution < -0.4 is 5.73 Å². The van der Waals surface area contributed by atoms with Gasteiger partial charge in [0.05, 0.1) is 6.10 Å². The van der Waals surface area contributed by atoms with Crippen LogP contribution in [0.4, 0.5) is 0 Å². The molecule has 0 aromatic heterocycles. The van der Waals surface area contributed by atoms with E-state index in [9.17, 15) is 0 Å². The van der Waals surface area contributed by atoms with E-state index in [0.29, 0.717) is 6.10 Å². The lowest BCUT2D eigenvalue weighted by Gasteiger charge is -2.25. The first kappa shape index (κ1) is 12.6. The van der Waals surface area contributed by atoms with E-state index in [-0.39, 0.29) is 6.04 Å². The van der Waals surface area contributed by atoms with Crippen LogP contribution in [-0.2, 0) is 11.2 Å². The lowest BCUT2D eigenvalue weighted by Crippen LogP contribution is -2.31. The normalized spacial score (nSPS) is 22.4. The zero-order chi connectivity index (χ0) is 12.1. The van der Waals surface area contributed by atoms with Crippen LogP contribution in [0, 0.1) is 6.92 Å². The fourth-order valence-electron chi connectivity index (χ4n) is 2.54. The number of nitrogens with two attached hydrogens (primary N) is 1. The van der Waals surface area contributed by atoms with E-state index in [1.807, 2.05) is 0 Å². The monoisotopic (exact) mass is 233 g/mol. The Hall–Kier alpha value is -0.860. The lowest BCUT2D eigenvalue weighted by atomic mass is 9.95. The molecule has 2 rings (SSSR count). The van der Waals surface area contributed by atoms with E-state index in [0.717, 1.165) is 19.4 Å². The quantitative estimate of drug-likeness (QED) is 0.868. The topological polar surface area (TPSA) is 35.2 Å². The molecule has 17 heavy (non-hydrogen) atoms. The molecule has 2 atom stereocenters. The van der Waals surface area contributed by atoms with Crippen molar-refractivity contribution in [1.82, 2.24) is 0 Å². The molecule has 1 aromatic carbocycles. The van der Waals surface area contributed by atoms with Crippen molar-refractivity contribution < 1.29 is 4.74 Å². The second kappa shape index (κ2) is 6.18. The molecular formula is C15H23NO. The Balaban J connectivity index is 1.84. The van der Waals surface area contributed by atoms with Crippen LogP contribution in [0.2, 0.25) is 0 Å².